The summed E-state index contributed by atoms with van der Waals surface area (Å²) in [7, 11) is -3.94. The summed E-state index contributed by atoms with van der Waals surface area (Å²) in [5, 5.41) is 3.83. The molecule has 1 N–H and O–H groups in total. The first-order chi connectivity index (χ1) is 14.3. The largest absolute Gasteiger partial charge is 0.334 e. The summed E-state index contributed by atoms with van der Waals surface area (Å²) >= 11 is 0. The van der Waals surface area contributed by atoms with Crippen LogP contribution in [-0.4, -0.2) is 42.5 Å². The molecule has 10 heteroatoms. The van der Waals surface area contributed by atoms with Crippen LogP contribution in [0.15, 0.2) is 51.9 Å². The highest BCUT2D eigenvalue weighted by Gasteiger charge is 2.26. The molecule has 156 valence electrons. The lowest BCUT2D eigenvalue weighted by molar-refractivity contribution is 0.0743. The lowest BCUT2D eigenvalue weighted by Gasteiger charge is -2.11. The van der Waals surface area contributed by atoms with Crippen LogP contribution in [0.3, 0.4) is 0 Å². The number of sulfonamides is 1. The summed E-state index contributed by atoms with van der Waals surface area (Å²) in [4.78, 5) is 18.2. The van der Waals surface area contributed by atoms with Crippen LogP contribution in [0.25, 0.3) is 11.4 Å². The molecule has 1 saturated heterocycles. The van der Waals surface area contributed by atoms with Crippen molar-refractivity contribution in [3.05, 3.63) is 59.7 Å². The van der Waals surface area contributed by atoms with Gasteiger partial charge in [-0.15, -0.1) is 0 Å². The van der Waals surface area contributed by atoms with Gasteiger partial charge in [0.05, 0.1) is 4.90 Å². The van der Waals surface area contributed by atoms with Crippen LogP contribution in [0.2, 0.25) is 0 Å². The molecule has 0 saturated carbocycles. The summed E-state index contributed by atoms with van der Waals surface area (Å²) in [6.45, 7) is 2.96. The second kappa shape index (κ2) is 7.86. The number of carbonyl (C=O) groups is 1. The van der Waals surface area contributed by atoms with Crippen molar-refractivity contribution in [2.45, 2.75) is 24.7 Å². The summed E-state index contributed by atoms with van der Waals surface area (Å²) < 4.78 is 46.3. The number of carbonyl (C=O) groups excluding carboxylic acids is 1. The van der Waals surface area contributed by atoms with Gasteiger partial charge in [-0.25, -0.2) is 12.8 Å². The number of aromatic nitrogens is 2. The van der Waals surface area contributed by atoms with Gasteiger partial charge in [-0.05, 0) is 55.7 Å². The number of amides is 1. The van der Waals surface area contributed by atoms with E-state index >= 15 is 0 Å². The number of rotatable bonds is 5. The minimum Gasteiger partial charge on any atom is -0.334 e. The number of anilines is 1. The van der Waals surface area contributed by atoms with Crippen molar-refractivity contribution in [1.29, 1.82) is 0 Å². The molecular formula is C20H19FN4O4S. The maximum atomic E-state index is 13.1. The number of nitrogens with zero attached hydrogens (tertiary/aromatic N) is 3. The number of likely N-dealkylation sites (tertiary alicyclic amines) is 1. The smallest absolute Gasteiger partial charge is 0.316 e. The number of halogens is 1. The maximum Gasteiger partial charge on any atom is 0.316 e. The van der Waals surface area contributed by atoms with E-state index in [1.807, 2.05) is 0 Å². The van der Waals surface area contributed by atoms with Gasteiger partial charge in [-0.1, -0.05) is 17.3 Å². The topological polar surface area (TPSA) is 105 Å². The average Bonchev–Trinajstić information content (AvgIpc) is 3.42. The van der Waals surface area contributed by atoms with Gasteiger partial charge >= 0.3 is 11.8 Å². The van der Waals surface area contributed by atoms with Crippen molar-refractivity contribution in [3.63, 3.8) is 0 Å². The third kappa shape index (κ3) is 4.04. The van der Waals surface area contributed by atoms with Crippen LogP contribution in [0.1, 0.15) is 29.1 Å². The third-order valence-electron chi connectivity index (χ3n) is 4.83. The highest BCUT2D eigenvalue weighted by molar-refractivity contribution is 7.92. The molecule has 0 radical (unpaired) electrons. The zero-order valence-corrected chi connectivity index (χ0v) is 16.9. The molecular weight excluding hydrogens is 411 g/mol. The summed E-state index contributed by atoms with van der Waals surface area (Å²) in [5.41, 5.74) is 1.13. The minimum atomic E-state index is -3.94. The molecule has 0 unspecified atom stereocenters. The van der Waals surface area contributed by atoms with Crippen LogP contribution in [0.4, 0.5) is 10.1 Å². The fourth-order valence-corrected chi connectivity index (χ4v) is 4.57. The second-order valence-electron chi connectivity index (χ2n) is 7.02. The Morgan fingerprint density at radius 1 is 1.13 bits per heavy atom. The van der Waals surface area contributed by atoms with Gasteiger partial charge < -0.3 is 9.42 Å². The van der Waals surface area contributed by atoms with Crippen molar-refractivity contribution in [3.8, 4) is 11.4 Å². The molecule has 1 amide bonds. The molecule has 30 heavy (non-hydrogen) atoms. The van der Waals surface area contributed by atoms with Crippen molar-refractivity contribution in [2.24, 2.45) is 0 Å². The lowest BCUT2D eigenvalue weighted by atomic mass is 10.1. The van der Waals surface area contributed by atoms with Crippen molar-refractivity contribution >= 4 is 21.6 Å². The first-order valence-corrected chi connectivity index (χ1v) is 10.8. The average molecular weight is 430 g/mol. The van der Waals surface area contributed by atoms with Crippen LogP contribution in [-0.2, 0) is 10.0 Å². The lowest BCUT2D eigenvalue weighted by Crippen LogP contribution is -2.27. The normalized spacial score (nSPS) is 14.1. The van der Waals surface area contributed by atoms with Gasteiger partial charge in [0.2, 0.25) is 5.82 Å². The fraction of sp³-hybridized carbons (Fsp3) is 0.250. The van der Waals surface area contributed by atoms with E-state index in [1.54, 1.807) is 24.0 Å². The van der Waals surface area contributed by atoms with E-state index in [2.05, 4.69) is 14.9 Å². The van der Waals surface area contributed by atoms with Crippen molar-refractivity contribution in [2.75, 3.05) is 17.8 Å². The SMILES string of the molecule is Cc1ccc(-c2noc(C(=O)N3CCCC3)n2)cc1S(=O)(=O)Nc1ccc(F)cc1. The van der Waals surface area contributed by atoms with Gasteiger partial charge in [0.25, 0.3) is 10.0 Å². The van der Waals surface area contributed by atoms with Gasteiger partial charge in [0.1, 0.15) is 5.82 Å². The van der Waals surface area contributed by atoms with E-state index < -0.39 is 15.8 Å². The molecule has 8 nitrogen and oxygen atoms in total. The quantitative estimate of drug-likeness (QED) is 0.666. The van der Waals surface area contributed by atoms with E-state index in [0.717, 1.165) is 12.8 Å². The van der Waals surface area contributed by atoms with Gasteiger partial charge in [0, 0.05) is 24.3 Å². The van der Waals surface area contributed by atoms with E-state index in [-0.39, 0.29) is 28.2 Å². The predicted molar refractivity (Wildman–Crippen MR) is 107 cm³/mol. The Morgan fingerprint density at radius 3 is 2.53 bits per heavy atom. The van der Waals surface area contributed by atoms with Crippen molar-refractivity contribution in [1.82, 2.24) is 15.0 Å². The van der Waals surface area contributed by atoms with E-state index in [1.165, 1.54) is 30.3 Å². The summed E-state index contributed by atoms with van der Waals surface area (Å²) in [5.74, 6) is -0.797. The van der Waals surface area contributed by atoms with Gasteiger partial charge in [0.15, 0.2) is 0 Å². The zero-order chi connectivity index (χ0) is 21.3. The first-order valence-electron chi connectivity index (χ1n) is 9.36. The maximum absolute atomic E-state index is 13.1. The number of benzene rings is 2. The molecule has 4 rings (SSSR count). The summed E-state index contributed by atoms with van der Waals surface area (Å²) in [6.07, 6.45) is 1.87. The number of hydrogen-bond acceptors (Lipinski definition) is 6. The molecule has 2 heterocycles. The number of nitrogens with one attached hydrogen (secondary N) is 1. The molecule has 3 aromatic rings. The molecule has 1 aromatic heterocycles. The Balaban J connectivity index is 1.62. The van der Waals surface area contributed by atoms with Gasteiger partial charge in [-0.2, -0.15) is 4.98 Å². The molecule has 2 aromatic carbocycles. The number of hydrogen-bond donors (Lipinski definition) is 1. The summed E-state index contributed by atoms with van der Waals surface area (Å²) in [6, 6.07) is 9.69. The monoisotopic (exact) mass is 430 g/mol. The molecule has 0 bridgehead atoms. The Labute approximate surface area is 172 Å². The Morgan fingerprint density at radius 2 is 1.83 bits per heavy atom. The minimum absolute atomic E-state index is 0.0153. The molecule has 1 aliphatic heterocycles. The Kier molecular flexibility index (Phi) is 5.25. The molecule has 1 fully saturated rings. The van der Waals surface area contributed by atoms with Gasteiger partial charge in [-0.3, -0.25) is 9.52 Å². The standard InChI is InChI=1S/C20H19FN4O4S/c1-13-4-5-14(18-22-19(29-23-18)20(26)25-10-2-3-11-25)12-17(13)30(27,28)24-16-8-6-15(21)7-9-16/h4-9,12,24H,2-3,10-11H2,1H3. The predicted octanol–water partition coefficient (Wildman–Crippen LogP) is 3.22. The van der Waals surface area contributed by atoms with E-state index in [4.69, 9.17) is 4.52 Å². The van der Waals surface area contributed by atoms with Crippen molar-refractivity contribution < 1.29 is 22.1 Å². The molecule has 1 aliphatic rings. The Hall–Kier alpha value is -3.27. The zero-order valence-electron chi connectivity index (χ0n) is 16.1. The second-order valence-corrected chi connectivity index (χ2v) is 8.67. The highest BCUT2D eigenvalue weighted by Crippen LogP contribution is 2.25. The first kappa shape index (κ1) is 20.0. The van der Waals surface area contributed by atoms with Crippen LogP contribution >= 0.6 is 0 Å². The van der Waals surface area contributed by atoms with Crippen LogP contribution < -0.4 is 4.72 Å². The third-order valence-corrected chi connectivity index (χ3v) is 6.36. The van der Waals surface area contributed by atoms with Crippen LogP contribution in [0.5, 0.6) is 0 Å². The van der Waals surface area contributed by atoms with E-state index in [0.29, 0.717) is 24.2 Å². The van der Waals surface area contributed by atoms with Crippen LogP contribution in [0, 0.1) is 12.7 Å². The Bertz CT molecular complexity index is 1190. The number of aryl methyl sites for hydroxylation is 1. The molecule has 0 spiro atoms. The molecule has 0 aliphatic carbocycles. The molecule has 0 atom stereocenters. The highest BCUT2D eigenvalue weighted by atomic mass is 32.2. The fourth-order valence-electron chi connectivity index (χ4n) is 3.24. The van der Waals surface area contributed by atoms with E-state index in [9.17, 15) is 17.6 Å².